The Morgan fingerprint density at radius 1 is 0.800 bits per heavy atom. The van der Waals surface area contributed by atoms with Gasteiger partial charge in [-0.15, -0.1) is 40.5 Å². The van der Waals surface area contributed by atoms with Crippen molar-refractivity contribution in [3.8, 4) is 21.7 Å². The third-order valence-electron chi connectivity index (χ3n) is 8.52. The molecule has 45 heavy (non-hydrogen) atoms. The third-order valence-corrected chi connectivity index (χ3v) is 9.67. The molecule has 0 amide bonds. The molecule has 2 heterocycles. The van der Waals surface area contributed by atoms with Gasteiger partial charge in [-0.3, -0.25) is 4.79 Å². The van der Waals surface area contributed by atoms with Crippen LogP contribution in [-0.2, 0) is 24.9 Å². The zero-order chi connectivity index (χ0) is 31.1. The van der Waals surface area contributed by atoms with Gasteiger partial charge in [0.05, 0.1) is 5.76 Å². The van der Waals surface area contributed by atoms with Gasteiger partial charge < -0.3 is 10.1 Å². The van der Waals surface area contributed by atoms with Gasteiger partial charge in [0.1, 0.15) is 0 Å². The molecule has 4 aromatic carbocycles. The molecule has 0 spiro atoms. The van der Waals surface area contributed by atoms with Crippen molar-refractivity contribution in [1.29, 1.82) is 0 Å². The quantitative estimate of drug-likeness (QED) is 0.0687. The summed E-state index contributed by atoms with van der Waals surface area (Å²) in [6.07, 6.45) is 6.81. The van der Waals surface area contributed by atoms with Crippen LogP contribution in [0.2, 0.25) is 0 Å². The summed E-state index contributed by atoms with van der Waals surface area (Å²) in [6, 6.07) is 35.6. The van der Waals surface area contributed by atoms with E-state index in [2.05, 4.69) is 97.1 Å². The molecule has 233 valence electrons. The molecule has 0 bridgehead atoms. The maximum atomic E-state index is 11.7. The Hall–Kier alpha value is -3.63. The van der Waals surface area contributed by atoms with Gasteiger partial charge in [-0.05, 0) is 59.8 Å². The van der Waals surface area contributed by atoms with Gasteiger partial charge in [-0.25, -0.2) is 0 Å². The summed E-state index contributed by atoms with van der Waals surface area (Å²) in [5.41, 5.74) is 3.28. The fourth-order valence-electron chi connectivity index (χ4n) is 5.79. The number of fused-ring (bicyclic) bond motifs is 4. The van der Waals surface area contributed by atoms with E-state index in [0.29, 0.717) is 0 Å². The maximum absolute atomic E-state index is 11.7. The van der Waals surface area contributed by atoms with E-state index in [1.165, 1.54) is 48.1 Å². The van der Waals surface area contributed by atoms with Crippen LogP contribution in [-0.4, -0.2) is 15.9 Å². The number of benzene rings is 4. The number of aliphatic hydroxyl groups excluding tert-OH is 1. The molecule has 2 aromatic heterocycles. The molecular formula is C40H40IrNO2S-. The van der Waals surface area contributed by atoms with Crippen LogP contribution < -0.4 is 0 Å². The summed E-state index contributed by atoms with van der Waals surface area (Å²) in [5.74, 6) is 0.547. The smallest absolute Gasteiger partial charge is 0.162 e. The Bertz CT molecular complexity index is 1900. The number of rotatable bonds is 9. The standard InChI is InChI=1S/C27H16NS.C13H24O2.Ir/c1-2-7-19(8-3-1)26-17-24-25(29-26)14-15-28-27(24)21-12-13-23-20(16-21)11-10-18-6-4-5-9-22(18)23;1-5-10(6-2)12(14)9-13(15)11(7-3)8-4;/h1-11,13-17H;9-11,14H,5-8H2,1-4H3;/q-1;;/b;12-9-;. The first-order valence-electron chi connectivity index (χ1n) is 15.7. The first kappa shape index (κ1) is 34.2. The number of ketones is 1. The van der Waals surface area contributed by atoms with Gasteiger partial charge in [0.15, 0.2) is 5.78 Å². The monoisotopic (exact) mass is 791 g/mol. The second kappa shape index (κ2) is 16.1. The van der Waals surface area contributed by atoms with Gasteiger partial charge in [0, 0.05) is 53.8 Å². The average Bonchev–Trinajstić information content (AvgIpc) is 3.51. The summed E-state index contributed by atoms with van der Waals surface area (Å²) in [7, 11) is 0. The Morgan fingerprint density at radius 3 is 2.18 bits per heavy atom. The summed E-state index contributed by atoms with van der Waals surface area (Å²) in [6.45, 7) is 8.07. The van der Waals surface area contributed by atoms with Gasteiger partial charge >= 0.3 is 0 Å². The predicted molar refractivity (Wildman–Crippen MR) is 188 cm³/mol. The number of carbonyl (C=O) groups excluding carboxylic acids is 1. The zero-order valence-electron chi connectivity index (χ0n) is 26.3. The minimum Gasteiger partial charge on any atom is -0.512 e. The average molecular weight is 791 g/mol. The SMILES string of the molecule is CCC(CC)C(=O)/C=C(\O)C(CC)CC.[Ir].[c-]1cc2c(ccc3ccccc32)cc1-c1nccc2sc(-c3ccccc3)cc12. The van der Waals surface area contributed by atoms with Gasteiger partial charge in [0.2, 0.25) is 0 Å². The number of nitrogens with zero attached hydrogens (tertiary/aromatic N) is 1. The van der Waals surface area contributed by atoms with Gasteiger partial charge in [-0.2, -0.15) is 0 Å². The van der Waals surface area contributed by atoms with Crippen molar-refractivity contribution in [2.24, 2.45) is 11.8 Å². The molecule has 3 nitrogen and oxygen atoms in total. The minimum absolute atomic E-state index is 0. The maximum Gasteiger partial charge on any atom is 0.162 e. The molecule has 0 unspecified atom stereocenters. The minimum atomic E-state index is 0. The van der Waals surface area contributed by atoms with Crippen LogP contribution in [0, 0.1) is 17.9 Å². The van der Waals surface area contributed by atoms with E-state index >= 15 is 0 Å². The first-order chi connectivity index (χ1) is 21.5. The topological polar surface area (TPSA) is 50.2 Å². The van der Waals surface area contributed by atoms with Crippen molar-refractivity contribution in [2.75, 3.05) is 0 Å². The van der Waals surface area contributed by atoms with E-state index in [1.54, 1.807) is 0 Å². The summed E-state index contributed by atoms with van der Waals surface area (Å²) in [5, 5.41) is 15.9. The first-order valence-corrected chi connectivity index (χ1v) is 16.5. The molecule has 0 fully saturated rings. The van der Waals surface area contributed by atoms with Gasteiger partial charge in [0.25, 0.3) is 0 Å². The number of allylic oxidation sites excluding steroid dienone is 2. The van der Waals surface area contributed by atoms with E-state index in [9.17, 15) is 9.90 Å². The van der Waals surface area contributed by atoms with Crippen molar-refractivity contribution < 1.29 is 30.0 Å². The largest absolute Gasteiger partial charge is 0.512 e. The van der Waals surface area contributed by atoms with Crippen LogP contribution in [0.5, 0.6) is 0 Å². The molecule has 6 aromatic rings. The Morgan fingerprint density at radius 2 is 1.47 bits per heavy atom. The van der Waals surface area contributed by atoms with Crippen molar-refractivity contribution in [3.05, 3.63) is 115 Å². The Kier molecular flexibility index (Phi) is 12.2. The molecule has 0 saturated heterocycles. The van der Waals surface area contributed by atoms with E-state index < -0.39 is 0 Å². The molecule has 0 aliphatic rings. The number of pyridine rings is 1. The molecular weight excluding hydrogens is 751 g/mol. The van der Waals surface area contributed by atoms with Crippen molar-refractivity contribution in [3.63, 3.8) is 0 Å². The van der Waals surface area contributed by atoms with Crippen LogP contribution >= 0.6 is 11.3 Å². The summed E-state index contributed by atoms with van der Waals surface area (Å²) < 4.78 is 1.25. The second-order valence-corrected chi connectivity index (χ2v) is 12.3. The van der Waals surface area contributed by atoms with Crippen LogP contribution in [0.25, 0.3) is 53.3 Å². The summed E-state index contributed by atoms with van der Waals surface area (Å²) >= 11 is 1.81. The number of aliphatic hydroxyl groups is 1. The van der Waals surface area contributed by atoms with Crippen LogP contribution in [0.4, 0.5) is 0 Å². The van der Waals surface area contributed by atoms with Crippen molar-refractivity contribution >= 4 is 48.8 Å². The molecule has 6 rings (SSSR count). The fourth-order valence-corrected chi connectivity index (χ4v) is 6.85. The van der Waals surface area contributed by atoms with E-state index in [1.807, 2.05) is 45.2 Å². The molecule has 0 saturated carbocycles. The second-order valence-electron chi connectivity index (χ2n) is 11.2. The molecule has 1 N–H and O–H groups in total. The van der Waals surface area contributed by atoms with Crippen LogP contribution in [0.15, 0.2) is 109 Å². The number of hydrogen-bond acceptors (Lipinski definition) is 4. The molecule has 5 heteroatoms. The molecule has 0 atom stereocenters. The number of hydrogen-bond donors (Lipinski definition) is 1. The van der Waals surface area contributed by atoms with Crippen molar-refractivity contribution in [1.82, 2.24) is 4.98 Å². The predicted octanol–water partition coefficient (Wildman–Crippen LogP) is 11.6. The van der Waals surface area contributed by atoms with Gasteiger partial charge in [-0.1, -0.05) is 105 Å². The Balaban J connectivity index is 0.000000249. The molecule has 0 aliphatic carbocycles. The number of aromatic nitrogens is 1. The summed E-state index contributed by atoms with van der Waals surface area (Å²) in [4.78, 5) is 17.7. The van der Waals surface area contributed by atoms with Crippen molar-refractivity contribution in [2.45, 2.75) is 53.4 Å². The number of thiophene rings is 1. The normalized spacial score (nSPS) is 11.6. The zero-order valence-corrected chi connectivity index (χ0v) is 29.6. The molecule has 1 radical (unpaired) electrons. The number of carbonyl (C=O) groups is 1. The molecule has 0 aliphatic heterocycles. The van der Waals surface area contributed by atoms with E-state index in [-0.39, 0.29) is 43.5 Å². The Labute approximate surface area is 284 Å². The van der Waals surface area contributed by atoms with E-state index in [4.69, 9.17) is 4.98 Å². The third kappa shape index (κ3) is 7.79. The van der Waals surface area contributed by atoms with Crippen LogP contribution in [0.3, 0.4) is 0 Å². The van der Waals surface area contributed by atoms with Crippen LogP contribution in [0.1, 0.15) is 53.4 Å². The fraction of sp³-hybridized carbons (Fsp3) is 0.250. The van der Waals surface area contributed by atoms with E-state index in [0.717, 1.165) is 36.9 Å².